The van der Waals surface area contributed by atoms with Crippen LogP contribution in [-0.4, -0.2) is 18.6 Å². The molecule has 2 aromatic heterocycles. The molecule has 5 nitrogen and oxygen atoms in total. The first-order valence-corrected chi connectivity index (χ1v) is 7.01. The van der Waals surface area contributed by atoms with Gasteiger partial charge in [0.05, 0.1) is 16.2 Å². The third kappa shape index (κ3) is 2.32. The van der Waals surface area contributed by atoms with Crippen LogP contribution in [0.2, 0.25) is 8.67 Å². The lowest BCUT2D eigenvalue weighted by Gasteiger charge is -2.03. The Kier molecular flexibility index (Phi) is 3.11. The van der Waals surface area contributed by atoms with Crippen LogP contribution in [0.1, 0.15) is 0 Å². The Morgan fingerprint density at radius 1 is 1.44 bits per heavy atom. The number of sulfonamides is 1. The van der Waals surface area contributed by atoms with Crippen molar-refractivity contribution in [1.82, 2.24) is 10.2 Å². The van der Waals surface area contributed by atoms with Crippen LogP contribution in [0.25, 0.3) is 0 Å². The second-order valence-electron chi connectivity index (χ2n) is 2.78. The molecule has 86 valence electrons. The van der Waals surface area contributed by atoms with E-state index < -0.39 is 10.0 Å². The molecule has 0 aromatic carbocycles. The molecule has 0 radical (unpaired) electrons. The van der Waals surface area contributed by atoms with E-state index >= 15 is 0 Å². The average molecular weight is 298 g/mol. The van der Waals surface area contributed by atoms with E-state index in [0.29, 0.717) is 10.0 Å². The molecule has 0 atom stereocenters. The molecule has 0 saturated heterocycles. The predicted molar refractivity (Wildman–Crippen MR) is 63.7 cm³/mol. The number of aromatic nitrogens is 2. The summed E-state index contributed by atoms with van der Waals surface area (Å²) >= 11 is 12.4. The number of nitrogens with zero attached hydrogens (tertiary/aromatic N) is 1. The third-order valence-electron chi connectivity index (χ3n) is 1.67. The first-order valence-electron chi connectivity index (χ1n) is 3.95. The number of H-pyrrole nitrogens is 1. The van der Waals surface area contributed by atoms with Gasteiger partial charge >= 0.3 is 0 Å². The van der Waals surface area contributed by atoms with Crippen LogP contribution < -0.4 is 4.72 Å². The maximum Gasteiger partial charge on any atom is 0.264 e. The molecule has 0 fully saturated rings. The molecule has 0 amide bonds. The lowest BCUT2D eigenvalue weighted by molar-refractivity contribution is 0.601. The SMILES string of the molecule is O=S(=O)(Nc1cn[nH]c1)c1cc(Cl)sc1Cl. The van der Waals surface area contributed by atoms with Gasteiger partial charge in [0.25, 0.3) is 10.0 Å². The second-order valence-corrected chi connectivity index (χ2v) is 6.72. The van der Waals surface area contributed by atoms with Gasteiger partial charge in [-0.15, -0.1) is 11.3 Å². The maximum atomic E-state index is 11.8. The zero-order valence-electron chi connectivity index (χ0n) is 7.57. The zero-order chi connectivity index (χ0) is 11.8. The molecular weight excluding hydrogens is 293 g/mol. The smallest absolute Gasteiger partial charge is 0.264 e. The standard InChI is InChI=1S/C7H5Cl2N3O2S2/c8-6-1-5(7(9)15-6)16(13,14)12-4-2-10-11-3-4/h1-3,12H,(H,10,11). The normalized spacial score (nSPS) is 11.6. The van der Waals surface area contributed by atoms with Gasteiger partial charge in [-0.1, -0.05) is 23.2 Å². The summed E-state index contributed by atoms with van der Waals surface area (Å²) in [5, 5.41) is 6.11. The molecule has 0 aliphatic heterocycles. The molecule has 2 N–H and O–H groups in total. The van der Waals surface area contributed by atoms with Crippen LogP contribution in [0.15, 0.2) is 23.4 Å². The summed E-state index contributed by atoms with van der Waals surface area (Å²) < 4.78 is 26.4. The van der Waals surface area contributed by atoms with Gasteiger partial charge in [0.15, 0.2) is 0 Å². The zero-order valence-corrected chi connectivity index (χ0v) is 10.7. The fourth-order valence-electron chi connectivity index (χ4n) is 1.03. The van der Waals surface area contributed by atoms with Gasteiger partial charge in [-0.25, -0.2) is 8.42 Å². The van der Waals surface area contributed by atoms with Gasteiger partial charge in [0.1, 0.15) is 9.23 Å². The van der Waals surface area contributed by atoms with E-state index in [-0.39, 0.29) is 9.23 Å². The van der Waals surface area contributed by atoms with Crippen LogP contribution in [0.4, 0.5) is 5.69 Å². The summed E-state index contributed by atoms with van der Waals surface area (Å²) in [6.07, 6.45) is 2.76. The summed E-state index contributed by atoms with van der Waals surface area (Å²) in [4.78, 5) is -0.0367. The van der Waals surface area contributed by atoms with Gasteiger partial charge in [0, 0.05) is 6.20 Å². The average Bonchev–Trinajstić information content (AvgIpc) is 2.75. The summed E-state index contributed by atoms with van der Waals surface area (Å²) in [5.41, 5.74) is 0.332. The molecule has 0 unspecified atom stereocenters. The lowest BCUT2D eigenvalue weighted by atomic mass is 10.6. The number of hydrogen-bond acceptors (Lipinski definition) is 4. The lowest BCUT2D eigenvalue weighted by Crippen LogP contribution is -2.11. The molecule has 2 aromatic rings. The van der Waals surface area contributed by atoms with Crippen molar-refractivity contribution in [2.75, 3.05) is 4.72 Å². The van der Waals surface area contributed by atoms with Crippen LogP contribution in [-0.2, 0) is 10.0 Å². The van der Waals surface area contributed by atoms with Crippen molar-refractivity contribution in [2.45, 2.75) is 4.90 Å². The van der Waals surface area contributed by atoms with Gasteiger partial charge in [0.2, 0.25) is 0 Å². The maximum absolute atomic E-state index is 11.8. The highest BCUT2D eigenvalue weighted by Crippen LogP contribution is 2.34. The Balaban J connectivity index is 2.36. The van der Waals surface area contributed by atoms with E-state index in [2.05, 4.69) is 14.9 Å². The molecule has 0 spiro atoms. The van der Waals surface area contributed by atoms with Crippen molar-refractivity contribution in [3.05, 3.63) is 27.1 Å². The molecule has 9 heteroatoms. The van der Waals surface area contributed by atoms with Gasteiger partial charge < -0.3 is 0 Å². The topological polar surface area (TPSA) is 74.8 Å². The number of rotatable bonds is 3. The third-order valence-corrected chi connectivity index (χ3v) is 4.80. The van der Waals surface area contributed by atoms with E-state index in [1.165, 1.54) is 18.5 Å². The summed E-state index contributed by atoms with van der Waals surface area (Å²) in [6, 6.07) is 1.30. The minimum Gasteiger partial charge on any atom is -0.284 e. The number of hydrogen-bond donors (Lipinski definition) is 2. The van der Waals surface area contributed by atoms with Crippen molar-refractivity contribution in [1.29, 1.82) is 0 Å². The number of aromatic amines is 1. The van der Waals surface area contributed by atoms with Gasteiger partial charge in [-0.05, 0) is 6.07 Å². The van der Waals surface area contributed by atoms with Crippen molar-refractivity contribution >= 4 is 50.2 Å². The summed E-state index contributed by atoms with van der Waals surface area (Å²) in [7, 11) is -3.71. The summed E-state index contributed by atoms with van der Waals surface area (Å²) in [5.74, 6) is 0. The summed E-state index contributed by atoms with van der Waals surface area (Å²) in [6.45, 7) is 0. The van der Waals surface area contributed by atoms with Crippen LogP contribution >= 0.6 is 34.5 Å². The Bertz CT molecular complexity index is 591. The Hall–Kier alpha value is -0.760. The van der Waals surface area contributed by atoms with E-state index in [0.717, 1.165) is 11.3 Å². The minimum absolute atomic E-state index is 0.0367. The molecule has 0 bridgehead atoms. The fraction of sp³-hybridized carbons (Fsp3) is 0. The Labute approximate surface area is 105 Å². The molecule has 0 aliphatic carbocycles. The second kappa shape index (κ2) is 4.25. The number of halogens is 2. The monoisotopic (exact) mass is 297 g/mol. The van der Waals surface area contributed by atoms with E-state index in [1.807, 2.05) is 0 Å². The Morgan fingerprint density at radius 3 is 2.69 bits per heavy atom. The number of nitrogens with one attached hydrogen (secondary N) is 2. The van der Waals surface area contributed by atoms with Crippen molar-refractivity contribution < 1.29 is 8.42 Å². The largest absolute Gasteiger partial charge is 0.284 e. The number of anilines is 1. The molecule has 2 rings (SSSR count). The van der Waals surface area contributed by atoms with Gasteiger partial charge in [-0.2, -0.15) is 5.10 Å². The molecule has 2 heterocycles. The predicted octanol–water partition coefficient (Wildman–Crippen LogP) is 2.58. The van der Waals surface area contributed by atoms with Crippen molar-refractivity contribution in [3.63, 3.8) is 0 Å². The number of thiophene rings is 1. The first kappa shape index (κ1) is 11.7. The minimum atomic E-state index is -3.71. The highest BCUT2D eigenvalue weighted by atomic mass is 35.5. The highest BCUT2D eigenvalue weighted by molar-refractivity contribution is 7.93. The van der Waals surface area contributed by atoms with Gasteiger partial charge in [-0.3, -0.25) is 9.82 Å². The Morgan fingerprint density at radius 2 is 2.19 bits per heavy atom. The molecular formula is C7H5Cl2N3O2S2. The van der Waals surface area contributed by atoms with Crippen LogP contribution in [0, 0.1) is 0 Å². The first-order chi connectivity index (χ1) is 7.49. The molecule has 0 aliphatic rings. The highest BCUT2D eigenvalue weighted by Gasteiger charge is 2.21. The molecule has 0 saturated carbocycles. The van der Waals surface area contributed by atoms with Crippen LogP contribution in [0.3, 0.4) is 0 Å². The van der Waals surface area contributed by atoms with Crippen LogP contribution in [0.5, 0.6) is 0 Å². The quantitative estimate of drug-likeness (QED) is 0.914. The fourth-order valence-corrected chi connectivity index (χ4v) is 4.21. The molecule has 16 heavy (non-hydrogen) atoms. The van der Waals surface area contributed by atoms with Crippen molar-refractivity contribution in [2.24, 2.45) is 0 Å². The van der Waals surface area contributed by atoms with E-state index in [4.69, 9.17) is 23.2 Å². The van der Waals surface area contributed by atoms with E-state index in [1.54, 1.807) is 0 Å². The van der Waals surface area contributed by atoms with E-state index in [9.17, 15) is 8.42 Å². The van der Waals surface area contributed by atoms with Crippen molar-refractivity contribution in [3.8, 4) is 0 Å².